The lowest BCUT2D eigenvalue weighted by atomic mass is 9.72. The molecule has 28 heavy (non-hydrogen) atoms. The van der Waals surface area contributed by atoms with Gasteiger partial charge in [-0.15, -0.1) is 0 Å². The van der Waals surface area contributed by atoms with Gasteiger partial charge in [0, 0.05) is 11.1 Å². The Morgan fingerprint density at radius 1 is 1.07 bits per heavy atom. The minimum atomic E-state index is -3.54. The molecule has 11 nitrogen and oxygen atoms in total. The average Bonchev–Trinajstić information content (AvgIpc) is 2.52. The molecule has 1 atom stereocenters. The zero-order valence-electron chi connectivity index (χ0n) is 15.4. The van der Waals surface area contributed by atoms with E-state index < -0.39 is 40.4 Å². The molecular weight excluding hydrogens is 443 g/mol. The van der Waals surface area contributed by atoms with Crippen LogP contribution in [0.1, 0.15) is 26.3 Å². The van der Waals surface area contributed by atoms with Crippen molar-refractivity contribution < 1.29 is 44.5 Å². The minimum absolute atomic E-state index is 0.155. The largest absolute Gasteiger partial charge is 0.507 e. The van der Waals surface area contributed by atoms with E-state index in [1.54, 1.807) is 20.8 Å². The highest BCUT2D eigenvalue weighted by atomic mass is 79.9. The molecule has 1 aromatic carbocycles. The number of hydrogen-bond donors (Lipinski definition) is 6. The number of carbonyl (C=O) groups excluding carboxylic acids is 2. The van der Waals surface area contributed by atoms with Crippen molar-refractivity contribution in [3.63, 3.8) is 0 Å². The van der Waals surface area contributed by atoms with Crippen molar-refractivity contribution in [2.24, 2.45) is 0 Å². The molecule has 0 heterocycles. The second kappa shape index (κ2) is 8.43. The number of methoxy groups -OCH3 is 1. The number of phenolic OH excluding ortho intramolecular Hbond substituents is 1. The molecule has 0 bridgehead atoms. The Balaban J connectivity index is 2.95. The first-order valence-electron chi connectivity index (χ1n) is 7.62. The second-order valence-electron chi connectivity index (χ2n) is 6.68. The molecule has 0 aromatic heterocycles. The maximum Gasteiger partial charge on any atom is 0.454 e. The summed E-state index contributed by atoms with van der Waals surface area (Å²) in [5.41, 5.74) is -4.28. The van der Waals surface area contributed by atoms with Crippen LogP contribution in [0.25, 0.3) is 0 Å². The summed E-state index contributed by atoms with van der Waals surface area (Å²) in [4.78, 5) is 31.3. The predicted octanol–water partition coefficient (Wildman–Crippen LogP) is 0.281. The standard InChI is InChI=1S/C15H20BBrN2O9/c1-13(2,3)18-11(21)27-28-12(22)19-15(24,25)14(16,23)7-5-9(20)8(17)6-10(7)26-4/h5-6,20,23-25H,1-4H3,(H,18,21)(H,19,22). The van der Waals surface area contributed by atoms with Gasteiger partial charge >= 0.3 is 12.2 Å². The molecule has 0 fully saturated rings. The molecule has 154 valence electrons. The van der Waals surface area contributed by atoms with Gasteiger partial charge in [-0.05, 0) is 48.8 Å². The van der Waals surface area contributed by atoms with E-state index in [1.165, 1.54) is 18.5 Å². The molecule has 2 amide bonds. The maximum absolute atomic E-state index is 11.7. The Morgan fingerprint density at radius 3 is 2.04 bits per heavy atom. The van der Waals surface area contributed by atoms with E-state index >= 15 is 0 Å². The third-order valence-electron chi connectivity index (χ3n) is 3.16. The number of ether oxygens (including phenoxy) is 1. The molecule has 2 radical (unpaired) electrons. The number of amides is 2. The lowest BCUT2D eigenvalue weighted by molar-refractivity contribution is -0.270. The number of aromatic hydroxyl groups is 1. The van der Waals surface area contributed by atoms with Crippen LogP contribution in [0.2, 0.25) is 0 Å². The van der Waals surface area contributed by atoms with Crippen LogP contribution >= 0.6 is 15.9 Å². The highest BCUT2D eigenvalue weighted by Gasteiger charge is 2.49. The van der Waals surface area contributed by atoms with Crippen LogP contribution in [0.4, 0.5) is 9.59 Å². The lowest BCUT2D eigenvalue weighted by Gasteiger charge is -2.37. The Kier molecular flexibility index (Phi) is 7.17. The Labute approximate surface area is 170 Å². The first-order valence-corrected chi connectivity index (χ1v) is 8.42. The van der Waals surface area contributed by atoms with Crippen molar-refractivity contribution >= 4 is 36.0 Å². The van der Waals surface area contributed by atoms with Crippen LogP contribution in [-0.2, 0) is 15.3 Å². The van der Waals surface area contributed by atoms with E-state index in [0.29, 0.717) is 0 Å². The minimum Gasteiger partial charge on any atom is -0.507 e. The zero-order valence-corrected chi connectivity index (χ0v) is 17.0. The number of aliphatic hydroxyl groups is 3. The van der Waals surface area contributed by atoms with Gasteiger partial charge in [0.15, 0.2) is 0 Å². The molecule has 0 aliphatic heterocycles. The summed E-state index contributed by atoms with van der Waals surface area (Å²) in [6.07, 6.45) is -2.80. The Bertz CT molecular complexity index is 750. The van der Waals surface area contributed by atoms with Gasteiger partial charge in [0.25, 0.3) is 5.91 Å². The average molecular weight is 463 g/mol. The molecule has 1 unspecified atom stereocenters. The lowest BCUT2D eigenvalue weighted by Crippen LogP contribution is -2.63. The summed E-state index contributed by atoms with van der Waals surface area (Å²) in [6.45, 7) is 4.91. The van der Waals surface area contributed by atoms with Gasteiger partial charge in [0.05, 0.1) is 11.6 Å². The van der Waals surface area contributed by atoms with Crippen LogP contribution in [0, 0.1) is 0 Å². The fourth-order valence-electron chi connectivity index (χ4n) is 1.86. The van der Waals surface area contributed by atoms with E-state index in [9.17, 15) is 30.0 Å². The van der Waals surface area contributed by atoms with Gasteiger partial charge in [-0.1, -0.05) is 0 Å². The summed E-state index contributed by atoms with van der Waals surface area (Å²) < 4.78 is 5.13. The van der Waals surface area contributed by atoms with E-state index in [4.69, 9.17) is 12.6 Å². The molecule has 1 rings (SSSR count). The summed E-state index contributed by atoms with van der Waals surface area (Å²) in [7, 11) is 6.75. The third kappa shape index (κ3) is 5.89. The van der Waals surface area contributed by atoms with Crippen molar-refractivity contribution in [1.82, 2.24) is 10.6 Å². The van der Waals surface area contributed by atoms with Gasteiger partial charge in [-0.25, -0.2) is 19.4 Å². The quantitative estimate of drug-likeness (QED) is 0.159. The molecular formula is C15H20BBrN2O9. The topological polar surface area (TPSA) is 167 Å². The van der Waals surface area contributed by atoms with Crippen molar-refractivity contribution in [2.45, 2.75) is 37.7 Å². The molecule has 0 saturated heterocycles. The van der Waals surface area contributed by atoms with Crippen LogP contribution in [0.15, 0.2) is 16.6 Å². The normalized spacial score (nSPS) is 13.9. The number of hydrogen-bond acceptors (Lipinski definition) is 9. The van der Waals surface area contributed by atoms with Gasteiger partial charge in [-0.3, -0.25) is 5.32 Å². The smallest absolute Gasteiger partial charge is 0.454 e. The summed E-state index contributed by atoms with van der Waals surface area (Å²) >= 11 is 3.01. The molecule has 13 heteroatoms. The maximum atomic E-state index is 11.7. The number of rotatable bonds is 4. The highest BCUT2D eigenvalue weighted by Crippen LogP contribution is 2.39. The highest BCUT2D eigenvalue weighted by molar-refractivity contribution is 9.10. The molecule has 1 aromatic rings. The molecule has 0 aliphatic rings. The van der Waals surface area contributed by atoms with Crippen LogP contribution in [0.3, 0.4) is 0 Å². The summed E-state index contributed by atoms with van der Waals surface area (Å²) in [6, 6.07) is 2.07. The fraction of sp³-hybridized carbons (Fsp3) is 0.467. The first kappa shape index (κ1) is 23.8. The van der Waals surface area contributed by atoms with E-state index in [1.807, 2.05) is 0 Å². The summed E-state index contributed by atoms with van der Waals surface area (Å²) in [5.74, 6) is -4.11. The second-order valence-corrected chi connectivity index (χ2v) is 7.54. The molecule has 0 spiro atoms. The monoisotopic (exact) mass is 462 g/mol. The van der Waals surface area contributed by atoms with Crippen molar-refractivity contribution in [3.05, 3.63) is 22.2 Å². The van der Waals surface area contributed by atoms with Gasteiger partial charge < -0.3 is 30.5 Å². The van der Waals surface area contributed by atoms with Crippen LogP contribution in [0.5, 0.6) is 11.5 Å². The predicted molar refractivity (Wildman–Crippen MR) is 98.2 cm³/mol. The van der Waals surface area contributed by atoms with E-state index in [-0.39, 0.29) is 10.2 Å². The number of halogens is 1. The zero-order chi connectivity index (χ0) is 21.9. The van der Waals surface area contributed by atoms with Crippen molar-refractivity contribution in [1.29, 1.82) is 0 Å². The van der Waals surface area contributed by atoms with Crippen molar-refractivity contribution in [3.8, 4) is 11.5 Å². The number of nitrogens with one attached hydrogen (secondary N) is 2. The van der Waals surface area contributed by atoms with E-state index in [0.717, 1.165) is 6.07 Å². The van der Waals surface area contributed by atoms with Gasteiger partial charge in [0.1, 0.15) is 24.8 Å². The molecule has 6 N–H and O–H groups in total. The van der Waals surface area contributed by atoms with Gasteiger partial charge in [-0.2, -0.15) is 0 Å². The van der Waals surface area contributed by atoms with Crippen LogP contribution in [-0.4, -0.2) is 59.0 Å². The Hall–Kier alpha value is -2.22. The van der Waals surface area contributed by atoms with Gasteiger partial charge in [0.2, 0.25) is 0 Å². The third-order valence-corrected chi connectivity index (χ3v) is 3.79. The fourth-order valence-corrected chi connectivity index (χ4v) is 2.18. The number of carbonyl (C=O) groups is 2. The van der Waals surface area contributed by atoms with Crippen molar-refractivity contribution in [2.75, 3.05) is 7.11 Å². The van der Waals surface area contributed by atoms with E-state index in [2.05, 4.69) is 31.0 Å². The number of phenols is 1. The van der Waals surface area contributed by atoms with Crippen LogP contribution < -0.4 is 15.4 Å². The Morgan fingerprint density at radius 2 is 1.57 bits per heavy atom. The first-order chi connectivity index (χ1) is 12.6. The summed E-state index contributed by atoms with van der Waals surface area (Å²) in [5, 5.41) is 44.0. The molecule has 0 saturated carbocycles. The molecule has 0 aliphatic carbocycles. The number of benzene rings is 1. The SMILES string of the molecule is [B]C(O)(c1cc(O)c(Br)cc1OC)C(O)(O)NC(=O)OOC(=O)NC(C)(C)C.